The molecular formula is C20H24FN3O4S. The Hall–Kier alpha value is -2.94. The van der Waals surface area contributed by atoms with Gasteiger partial charge >= 0.3 is 0 Å². The van der Waals surface area contributed by atoms with Crippen molar-refractivity contribution in [2.45, 2.75) is 26.3 Å². The van der Waals surface area contributed by atoms with E-state index in [1.165, 1.54) is 18.2 Å². The fourth-order valence-electron chi connectivity index (χ4n) is 2.55. The normalized spacial score (nSPS) is 12.1. The maximum absolute atomic E-state index is 13.5. The monoisotopic (exact) mass is 421 g/mol. The van der Waals surface area contributed by atoms with Crippen LogP contribution >= 0.6 is 0 Å². The molecule has 0 radical (unpaired) electrons. The number of nitrogens with one attached hydrogen (secondary N) is 2. The summed E-state index contributed by atoms with van der Waals surface area (Å²) in [6, 6.07) is 11.3. The number of benzene rings is 2. The number of sulfonamides is 1. The predicted molar refractivity (Wildman–Crippen MR) is 111 cm³/mol. The van der Waals surface area contributed by atoms with Gasteiger partial charge in [0.25, 0.3) is 5.91 Å². The van der Waals surface area contributed by atoms with Crippen LogP contribution in [0.1, 0.15) is 30.6 Å². The molecule has 0 bridgehead atoms. The van der Waals surface area contributed by atoms with Crippen molar-refractivity contribution in [2.75, 3.05) is 22.4 Å². The first kappa shape index (κ1) is 22.4. The van der Waals surface area contributed by atoms with Gasteiger partial charge in [0, 0.05) is 6.04 Å². The number of carbonyl (C=O) groups is 2. The Morgan fingerprint density at radius 3 is 2.45 bits per heavy atom. The molecule has 1 atom stereocenters. The summed E-state index contributed by atoms with van der Waals surface area (Å²) in [6.45, 7) is 3.23. The minimum Gasteiger partial charge on any atom is -0.350 e. The number of para-hydroxylation sites is 1. The van der Waals surface area contributed by atoms with E-state index in [1.54, 1.807) is 24.3 Å². The van der Waals surface area contributed by atoms with Crippen LogP contribution in [0.4, 0.5) is 15.8 Å². The number of hydrogen-bond acceptors (Lipinski definition) is 4. The fourth-order valence-corrected chi connectivity index (χ4v) is 3.39. The van der Waals surface area contributed by atoms with E-state index < -0.39 is 28.3 Å². The van der Waals surface area contributed by atoms with Crippen LogP contribution in [0.2, 0.25) is 0 Å². The van der Waals surface area contributed by atoms with E-state index >= 15 is 0 Å². The molecule has 7 nitrogen and oxygen atoms in total. The number of rotatable bonds is 8. The van der Waals surface area contributed by atoms with Gasteiger partial charge in [-0.1, -0.05) is 25.1 Å². The summed E-state index contributed by atoms with van der Waals surface area (Å²) in [5.41, 5.74) is 0.550. The smallest absolute Gasteiger partial charge is 0.253 e. The SMILES string of the molecule is CC[C@H](C)NC(=O)c1ccccc1NC(=O)CN(c1cccc(F)c1)S(C)(=O)=O. The molecule has 2 rings (SSSR count). The lowest BCUT2D eigenvalue weighted by Gasteiger charge is -2.22. The first-order chi connectivity index (χ1) is 13.6. The summed E-state index contributed by atoms with van der Waals surface area (Å²) < 4.78 is 38.5. The number of nitrogens with zero attached hydrogens (tertiary/aromatic N) is 1. The quantitative estimate of drug-likeness (QED) is 0.685. The maximum Gasteiger partial charge on any atom is 0.253 e. The average Bonchev–Trinajstić information content (AvgIpc) is 2.65. The Morgan fingerprint density at radius 1 is 1.14 bits per heavy atom. The van der Waals surface area contributed by atoms with Gasteiger partial charge in [-0.15, -0.1) is 0 Å². The van der Waals surface area contributed by atoms with Gasteiger partial charge < -0.3 is 10.6 Å². The van der Waals surface area contributed by atoms with E-state index in [-0.39, 0.29) is 28.9 Å². The second kappa shape index (κ2) is 9.51. The average molecular weight is 421 g/mol. The maximum atomic E-state index is 13.5. The van der Waals surface area contributed by atoms with Crippen molar-refractivity contribution in [1.29, 1.82) is 0 Å². The summed E-state index contributed by atoms with van der Waals surface area (Å²) in [7, 11) is -3.84. The zero-order valence-electron chi connectivity index (χ0n) is 16.5. The summed E-state index contributed by atoms with van der Waals surface area (Å²) >= 11 is 0. The highest BCUT2D eigenvalue weighted by Gasteiger charge is 2.22. The largest absolute Gasteiger partial charge is 0.350 e. The van der Waals surface area contributed by atoms with E-state index in [0.29, 0.717) is 0 Å². The van der Waals surface area contributed by atoms with Crippen LogP contribution in [0.15, 0.2) is 48.5 Å². The van der Waals surface area contributed by atoms with Crippen LogP contribution in [0.3, 0.4) is 0 Å². The minimum atomic E-state index is -3.84. The van der Waals surface area contributed by atoms with E-state index in [2.05, 4.69) is 10.6 Å². The number of amides is 2. The van der Waals surface area contributed by atoms with Crippen LogP contribution in [-0.4, -0.2) is 39.1 Å². The third-order valence-corrected chi connectivity index (χ3v) is 5.36. The molecule has 2 N–H and O–H groups in total. The van der Waals surface area contributed by atoms with Crippen LogP contribution < -0.4 is 14.9 Å². The molecule has 0 unspecified atom stereocenters. The van der Waals surface area contributed by atoms with Crippen molar-refractivity contribution in [3.63, 3.8) is 0 Å². The molecular weight excluding hydrogens is 397 g/mol. The van der Waals surface area contributed by atoms with Gasteiger partial charge in [0.05, 0.1) is 23.2 Å². The van der Waals surface area contributed by atoms with Crippen molar-refractivity contribution >= 4 is 33.2 Å². The molecule has 156 valence electrons. The lowest BCUT2D eigenvalue weighted by Crippen LogP contribution is -2.38. The lowest BCUT2D eigenvalue weighted by molar-refractivity contribution is -0.114. The third kappa shape index (κ3) is 6.28. The topological polar surface area (TPSA) is 95.6 Å². The standard InChI is InChI=1S/C20H24FN3O4S/c1-4-14(2)22-20(26)17-10-5-6-11-18(17)23-19(25)13-24(29(3,27)28)16-9-7-8-15(21)12-16/h5-12,14H,4,13H2,1-3H3,(H,22,26)(H,23,25)/t14-/m0/s1. The number of hydrogen-bond donors (Lipinski definition) is 2. The van der Waals surface area contributed by atoms with Crippen LogP contribution in [0.25, 0.3) is 0 Å². The third-order valence-electron chi connectivity index (χ3n) is 4.22. The number of halogens is 1. The Kier molecular flexibility index (Phi) is 7.33. The van der Waals surface area contributed by atoms with Gasteiger partial charge in [-0.3, -0.25) is 13.9 Å². The van der Waals surface area contributed by atoms with Crippen molar-refractivity contribution < 1.29 is 22.4 Å². The number of anilines is 2. The summed E-state index contributed by atoms with van der Waals surface area (Å²) in [6.07, 6.45) is 1.68. The Balaban J connectivity index is 2.22. The second-order valence-electron chi connectivity index (χ2n) is 6.63. The molecule has 0 aliphatic rings. The molecule has 29 heavy (non-hydrogen) atoms. The summed E-state index contributed by atoms with van der Waals surface area (Å²) in [4.78, 5) is 25.0. The molecule has 0 aliphatic carbocycles. The van der Waals surface area contributed by atoms with Gasteiger partial charge in [0.2, 0.25) is 15.9 Å². The Morgan fingerprint density at radius 2 is 1.83 bits per heavy atom. The van der Waals surface area contributed by atoms with Crippen molar-refractivity contribution in [2.24, 2.45) is 0 Å². The van der Waals surface area contributed by atoms with Gasteiger partial charge in [0.1, 0.15) is 12.4 Å². The highest BCUT2D eigenvalue weighted by Crippen LogP contribution is 2.20. The fraction of sp³-hybridized carbons (Fsp3) is 0.300. The first-order valence-electron chi connectivity index (χ1n) is 9.04. The van der Waals surface area contributed by atoms with Crippen LogP contribution in [0.5, 0.6) is 0 Å². The molecule has 2 aromatic rings. The molecule has 0 aliphatic heterocycles. The molecule has 2 amide bonds. The molecule has 2 aromatic carbocycles. The van der Waals surface area contributed by atoms with Gasteiger partial charge in [-0.25, -0.2) is 12.8 Å². The first-order valence-corrected chi connectivity index (χ1v) is 10.9. The van der Waals surface area contributed by atoms with Gasteiger partial charge in [-0.05, 0) is 43.7 Å². The van der Waals surface area contributed by atoms with Crippen molar-refractivity contribution in [3.05, 3.63) is 59.9 Å². The lowest BCUT2D eigenvalue weighted by atomic mass is 10.1. The molecule has 0 fully saturated rings. The second-order valence-corrected chi connectivity index (χ2v) is 8.53. The van der Waals surface area contributed by atoms with Gasteiger partial charge in [-0.2, -0.15) is 0 Å². The van der Waals surface area contributed by atoms with E-state index in [0.717, 1.165) is 23.0 Å². The van der Waals surface area contributed by atoms with Crippen LogP contribution in [0, 0.1) is 5.82 Å². The molecule has 0 saturated carbocycles. The van der Waals surface area contributed by atoms with E-state index in [9.17, 15) is 22.4 Å². The van der Waals surface area contributed by atoms with E-state index in [4.69, 9.17) is 0 Å². The highest BCUT2D eigenvalue weighted by molar-refractivity contribution is 7.92. The van der Waals surface area contributed by atoms with Crippen molar-refractivity contribution in [3.8, 4) is 0 Å². The Bertz CT molecular complexity index is 995. The molecule has 0 spiro atoms. The van der Waals surface area contributed by atoms with Gasteiger partial charge in [0.15, 0.2) is 0 Å². The summed E-state index contributed by atoms with van der Waals surface area (Å²) in [5, 5.41) is 5.39. The molecule has 0 saturated heterocycles. The van der Waals surface area contributed by atoms with E-state index in [1.807, 2.05) is 13.8 Å². The predicted octanol–water partition coefficient (Wildman–Crippen LogP) is 2.76. The molecule has 9 heteroatoms. The van der Waals surface area contributed by atoms with Crippen LogP contribution in [-0.2, 0) is 14.8 Å². The Labute approximate surface area is 170 Å². The zero-order valence-corrected chi connectivity index (χ0v) is 17.3. The number of carbonyl (C=O) groups excluding carboxylic acids is 2. The molecule has 0 aromatic heterocycles. The zero-order chi connectivity index (χ0) is 21.6. The van der Waals surface area contributed by atoms with Crippen molar-refractivity contribution in [1.82, 2.24) is 5.32 Å². The highest BCUT2D eigenvalue weighted by atomic mass is 32.2. The molecule has 0 heterocycles. The minimum absolute atomic E-state index is 0.0328. The summed E-state index contributed by atoms with van der Waals surface area (Å²) in [5.74, 6) is -1.63.